The third-order valence-electron chi connectivity index (χ3n) is 4.01. The lowest BCUT2D eigenvalue weighted by molar-refractivity contribution is 0.422. The molecule has 0 spiro atoms. The number of aliphatic imine (C=N–C) groups is 1. The van der Waals surface area contributed by atoms with Gasteiger partial charge in [-0.1, -0.05) is 61.5 Å². The summed E-state index contributed by atoms with van der Waals surface area (Å²) in [6, 6.07) is 19.6. The molecule has 0 fully saturated rings. The molecule has 0 saturated heterocycles. The van der Waals surface area contributed by atoms with Crippen molar-refractivity contribution in [1.29, 1.82) is 0 Å². The summed E-state index contributed by atoms with van der Waals surface area (Å²) in [4.78, 5) is 7.10. The van der Waals surface area contributed by atoms with Crippen molar-refractivity contribution in [3.8, 4) is 0 Å². The maximum atomic E-state index is 4.78. The smallest absolute Gasteiger partial charge is 0.0995 e. The second-order valence-corrected chi connectivity index (χ2v) is 5.21. The number of hydrogen-bond acceptors (Lipinski definition) is 2. The fraction of sp³-hybridized carbons (Fsp3) is 0.278. The number of nitrogens with zero attached hydrogens (tertiary/aromatic N) is 2. The number of benzene rings is 2. The van der Waals surface area contributed by atoms with Gasteiger partial charge in [0.15, 0.2) is 0 Å². The zero-order valence-corrected chi connectivity index (χ0v) is 12.1. The quantitative estimate of drug-likeness (QED) is 0.799. The van der Waals surface area contributed by atoms with Gasteiger partial charge in [-0.2, -0.15) is 0 Å². The lowest BCUT2D eigenvalue weighted by Crippen LogP contribution is -2.30. The largest absolute Gasteiger partial charge is 0.352 e. The van der Waals surface area contributed by atoms with Crippen LogP contribution in [0, 0.1) is 0 Å². The minimum Gasteiger partial charge on any atom is -0.352 e. The molecule has 1 heterocycles. The second kappa shape index (κ2) is 5.49. The van der Waals surface area contributed by atoms with Gasteiger partial charge in [0.05, 0.1) is 18.4 Å². The van der Waals surface area contributed by atoms with Gasteiger partial charge in [0.1, 0.15) is 0 Å². The van der Waals surface area contributed by atoms with Crippen LogP contribution in [0.4, 0.5) is 0 Å². The van der Waals surface area contributed by atoms with E-state index in [1.165, 1.54) is 22.5 Å². The number of fused-ring (bicyclic) bond motifs is 1. The van der Waals surface area contributed by atoms with Crippen LogP contribution in [0.3, 0.4) is 0 Å². The van der Waals surface area contributed by atoms with Crippen LogP contribution in [-0.2, 0) is 6.54 Å². The van der Waals surface area contributed by atoms with E-state index in [-0.39, 0.29) is 6.04 Å². The predicted octanol–water partition coefficient (Wildman–Crippen LogP) is 4.03. The molecule has 1 aliphatic heterocycles. The number of amidine groups is 1. The molecule has 2 nitrogen and oxygen atoms in total. The average molecular weight is 264 g/mol. The van der Waals surface area contributed by atoms with Gasteiger partial charge >= 0.3 is 0 Å². The first-order valence-corrected chi connectivity index (χ1v) is 7.20. The highest BCUT2D eigenvalue weighted by atomic mass is 15.2. The van der Waals surface area contributed by atoms with Gasteiger partial charge in [-0.3, -0.25) is 4.99 Å². The number of rotatable bonds is 2. The molecule has 0 amide bonds. The fourth-order valence-electron chi connectivity index (χ4n) is 2.99. The summed E-state index contributed by atoms with van der Waals surface area (Å²) in [7, 11) is 2.15. The first-order chi connectivity index (χ1) is 9.81. The van der Waals surface area contributed by atoms with Crippen LogP contribution >= 0.6 is 0 Å². The molecule has 0 saturated carbocycles. The zero-order chi connectivity index (χ0) is 13.9. The third-order valence-corrected chi connectivity index (χ3v) is 4.01. The SMILES string of the molecule is CCC1=NCc2ccccc2C(c2ccccc2)N1C. The summed E-state index contributed by atoms with van der Waals surface area (Å²) in [6.45, 7) is 2.96. The Morgan fingerprint density at radius 2 is 1.75 bits per heavy atom. The van der Waals surface area contributed by atoms with Crippen molar-refractivity contribution in [1.82, 2.24) is 4.90 Å². The van der Waals surface area contributed by atoms with Crippen molar-refractivity contribution in [2.75, 3.05) is 7.05 Å². The second-order valence-electron chi connectivity index (χ2n) is 5.21. The Morgan fingerprint density at radius 1 is 1.05 bits per heavy atom. The van der Waals surface area contributed by atoms with E-state index in [9.17, 15) is 0 Å². The highest BCUT2D eigenvalue weighted by Crippen LogP contribution is 2.33. The fourth-order valence-corrected chi connectivity index (χ4v) is 2.99. The van der Waals surface area contributed by atoms with Gasteiger partial charge in [0.25, 0.3) is 0 Å². The lowest BCUT2D eigenvalue weighted by atomic mass is 9.93. The van der Waals surface area contributed by atoms with Gasteiger partial charge < -0.3 is 4.90 Å². The maximum absolute atomic E-state index is 4.78. The summed E-state index contributed by atoms with van der Waals surface area (Å²) >= 11 is 0. The topological polar surface area (TPSA) is 15.6 Å². The molecular formula is C18H20N2. The molecule has 1 aliphatic rings. The van der Waals surface area contributed by atoms with E-state index in [1.54, 1.807) is 0 Å². The zero-order valence-electron chi connectivity index (χ0n) is 12.1. The molecule has 3 rings (SSSR count). The molecule has 0 aromatic heterocycles. The molecule has 20 heavy (non-hydrogen) atoms. The first kappa shape index (κ1) is 12.9. The van der Waals surface area contributed by atoms with Crippen molar-refractivity contribution in [3.05, 3.63) is 71.3 Å². The van der Waals surface area contributed by atoms with Crippen LogP contribution < -0.4 is 0 Å². The van der Waals surface area contributed by atoms with Gasteiger partial charge in [-0.05, 0) is 16.7 Å². The normalized spacial score (nSPS) is 18.2. The van der Waals surface area contributed by atoms with Crippen LogP contribution in [0.25, 0.3) is 0 Å². The predicted molar refractivity (Wildman–Crippen MR) is 83.9 cm³/mol. The van der Waals surface area contributed by atoms with Gasteiger partial charge in [-0.15, -0.1) is 0 Å². The minimum absolute atomic E-state index is 0.258. The molecule has 1 atom stereocenters. The van der Waals surface area contributed by atoms with E-state index in [1.807, 2.05) is 0 Å². The van der Waals surface area contributed by atoms with Crippen molar-refractivity contribution >= 4 is 5.84 Å². The summed E-state index contributed by atoms with van der Waals surface area (Å²) in [5, 5.41) is 0. The van der Waals surface area contributed by atoms with Crippen LogP contribution in [0.1, 0.15) is 36.1 Å². The Kier molecular flexibility index (Phi) is 3.55. The lowest BCUT2D eigenvalue weighted by Gasteiger charge is -2.30. The first-order valence-electron chi connectivity index (χ1n) is 7.20. The molecule has 2 heteroatoms. The molecule has 0 bridgehead atoms. The summed E-state index contributed by atoms with van der Waals surface area (Å²) < 4.78 is 0. The molecule has 2 aromatic carbocycles. The molecule has 102 valence electrons. The Hall–Kier alpha value is -2.09. The summed E-state index contributed by atoms with van der Waals surface area (Å²) in [5.74, 6) is 1.18. The van der Waals surface area contributed by atoms with Crippen LogP contribution in [0.15, 0.2) is 59.6 Å². The van der Waals surface area contributed by atoms with Crippen molar-refractivity contribution < 1.29 is 0 Å². The van der Waals surface area contributed by atoms with E-state index >= 15 is 0 Å². The molecule has 0 N–H and O–H groups in total. The third kappa shape index (κ3) is 2.22. The van der Waals surface area contributed by atoms with Crippen LogP contribution in [0.5, 0.6) is 0 Å². The van der Waals surface area contributed by atoms with E-state index in [0.29, 0.717) is 0 Å². The highest BCUT2D eigenvalue weighted by Gasteiger charge is 2.25. The van der Waals surface area contributed by atoms with Crippen molar-refractivity contribution in [2.45, 2.75) is 25.9 Å². The van der Waals surface area contributed by atoms with E-state index in [4.69, 9.17) is 4.99 Å². The highest BCUT2D eigenvalue weighted by molar-refractivity contribution is 5.83. The Morgan fingerprint density at radius 3 is 2.50 bits per heavy atom. The Balaban J connectivity index is 2.15. The molecular weight excluding hydrogens is 244 g/mol. The van der Waals surface area contributed by atoms with Gasteiger partial charge in [-0.25, -0.2) is 0 Å². The van der Waals surface area contributed by atoms with Gasteiger partial charge in [0.2, 0.25) is 0 Å². The van der Waals surface area contributed by atoms with Crippen LogP contribution in [0.2, 0.25) is 0 Å². The van der Waals surface area contributed by atoms with E-state index in [2.05, 4.69) is 73.5 Å². The summed E-state index contributed by atoms with van der Waals surface area (Å²) in [5.41, 5.74) is 4.02. The summed E-state index contributed by atoms with van der Waals surface area (Å²) in [6.07, 6.45) is 0.966. The van der Waals surface area contributed by atoms with Crippen molar-refractivity contribution in [3.63, 3.8) is 0 Å². The Labute approximate surface area is 120 Å². The number of hydrogen-bond donors (Lipinski definition) is 0. The Bertz CT molecular complexity index is 616. The van der Waals surface area contributed by atoms with Gasteiger partial charge in [0, 0.05) is 13.5 Å². The standard InChI is InChI=1S/C18H20N2/c1-3-17-19-13-15-11-7-8-12-16(15)18(20(17)2)14-9-5-4-6-10-14/h4-12,18H,3,13H2,1-2H3. The molecule has 0 radical (unpaired) electrons. The van der Waals surface area contributed by atoms with E-state index in [0.717, 1.165) is 13.0 Å². The van der Waals surface area contributed by atoms with E-state index < -0.39 is 0 Å². The monoisotopic (exact) mass is 264 g/mol. The molecule has 0 aliphatic carbocycles. The maximum Gasteiger partial charge on any atom is 0.0995 e. The van der Waals surface area contributed by atoms with Crippen LogP contribution in [-0.4, -0.2) is 17.8 Å². The average Bonchev–Trinajstić information content (AvgIpc) is 2.64. The van der Waals surface area contributed by atoms with Crippen molar-refractivity contribution in [2.24, 2.45) is 4.99 Å². The molecule has 1 unspecified atom stereocenters. The molecule has 2 aromatic rings. The minimum atomic E-state index is 0.258.